The summed E-state index contributed by atoms with van der Waals surface area (Å²) >= 11 is 0. The molecule has 1 aromatic carbocycles. The number of carbonyl (C=O) groups is 2. The summed E-state index contributed by atoms with van der Waals surface area (Å²) in [5, 5.41) is 13.7. The lowest BCUT2D eigenvalue weighted by Crippen LogP contribution is -2.41. The molecule has 2 N–H and O–H groups in total. The molecule has 3 atom stereocenters. The molecule has 0 spiro atoms. The van der Waals surface area contributed by atoms with Gasteiger partial charge in [0.05, 0.1) is 6.54 Å². The van der Waals surface area contributed by atoms with E-state index < -0.39 is 18.2 Å². The Morgan fingerprint density at radius 1 is 1.09 bits per heavy atom. The summed E-state index contributed by atoms with van der Waals surface area (Å²) in [6.45, 7) is 5.91. The summed E-state index contributed by atoms with van der Waals surface area (Å²) in [4.78, 5) is 29.2. The Hall–Kier alpha value is -2.44. The molecule has 3 unspecified atom stereocenters. The van der Waals surface area contributed by atoms with Crippen LogP contribution in [-0.2, 0) is 11.3 Å². The molecule has 3 amide bonds. The third-order valence-corrected chi connectivity index (χ3v) is 7.20. The lowest BCUT2D eigenvalue weighted by atomic mass is 9.96. The number of nitrogens with one attached hydrogen (secondary N) is 1. The van der Waals surface area contributed by atoms with Crippen LogP contribution in [0.2, 0.25) is 0 Å². The van der Waals surface area contributed by atoms with Crippen LogP contribution < -0.4 is 5.32 Å². The number of imide groups is 1. The highest BCUT2D eigenvalue weighted by atomic mass is 16.3. The van der Waals surface area contributed by atoms with Crippen molar-refractivity contribution in [2.75, 3.05) is 19.6 Å². The molecule has 4 rings (SSSR count). The Balaban J connectivity index is 1.35. The van der Waals surface area contributed by atoms with Gasteiger partial charge < -0.3 is 15.3 Å². The third-order valence-electron chi connectivity index (χ3n) is 7.20. The minimum absolute atomic E-state index is 0.211. The predicted molar refractivity (Wildman–Crippen MR) is 129 cm³/mol. The van der Waals surface area contributed by atoms with E-state index in [4.69, 9.17) is 0 Å². The number of benzene rings is 1. The highest BCUT2D eigenvalue weighted by molar-refractivity contribution is 6.04. The van der Waals surface area contributed by atoms with Gasteiger partial charge >= 0.3 is 6.03 Å². The van der Waals surface area contributed by atoms with Gasteiger partial charge in [0, 0.05) is 0 Å². The van der Waals surface area contributed by atoms with Crippen molar-refractivity contribution in [3.8, 4) is 0 Å². The molecular weight excluding hydrogens is 414 g/mol. The number of amides is 3. The van der Waals surface area contributed by atoms with Gasteiger partial charge in [0.15, 0.2) is 0 Å². The van der Waals surface area contributed by atoms with Gasteiger partial charge in [0.1, 0.15) is 12.1 Å². The third kappa shape index (κ3) is 5.74. The molecule has 178 valence electrons. The number of hydrogen-bond acceptors (Lipinski definition) is 4. The van der Waals surface area contributed by atoms with Gasteiger partial charge in [-0.25, -0.2) is 4.79 Å². The van der Waals surface area contributed by atoms with Gasteiger partial charge in [0.25, 0.3) is 5.91 Å². The zero-order valence-electron chi connectivity index (χ0n) is 19.7. The fourth-order valence-electron chi connectivity index (χ4n) is 5.26. The topological polar surface area (TPSA) is 72.9 Å². The summed E-state index contributed by atoms with van der Waals surface area (Å²) < 4.78 is 0. The monoisotopic (exact) mass is 451 g/mol. The van der Waals surface area contributed by atoms with Crippen LogP contribution in [0.25, 0.3) is 0 Å². The van der Waals surface area contributed by atoms with E-state index in [1.165, 1.54) is 49.2 Å². The van der Waals surface area contributed by atoms with E-state index >= 15 is 0 Å². The fourth-order valence-corrected chi connectivity index (χ4v) is 5.26. The van der Waals surface area contributed by atoms with E-state index in [1.807, 2.05) is 30.3 Å². The van der Waals surface area contributed by atoms with Crippen molar-refractivity contribution in [1.29, 1.82) is 0 Å². The largest absolute Gasteiger partial charge is 0.386 e. The second-order valence-electron chi connectivity index (χ2n) is 9.54. The normalized spacial score (nSPS) is 25.0. The maximum atomic E-state index is 13.0. The smallest absolute Gasteiger partial charge is 0.325 e. The molecule has 0 radical (unpaired) electrons. The number of carbonyl (C=O) groups excluding carboxylic acids is 2. The summed E-state index contributed by atoms with van der Waals surface area (Å²) in [6, 6.07) is 8.06. The van der Waals surface area contributed by atoms with E-state index in [0.717, 1.165) is 36.9 Å². The molecule has 0 saturated carbocycles. The van der Waals surface area contributed by atoms with Gasteiger partial charge in [-0.3, -0.25) is 9.69 Å². The molecule has 33 heavy (non-hydrogen) atoms. The highest BCUT2D eigenvalue weighted by Gasteiger charge is 2.43. The number of likely N-dealkylation sites (tertiary alicyclic amines) is 1. The number of rotatable bonds is 9. The van der Waals surface area contributed by atoms with Crippen molar-refractivity contribution in [2.24, 2.45) is 5.92 Å². The van der Waals surface area contributed by atoms with E-state index in [2.05, 4.69) is 29.3 Å². The van der Waals surface area contributed by atoms with Gasteiger partial charge in [0.2, 0.25) is 0 Å². The van der Waals surface area contributed by atoms with Gasteiger partial charge in [-0.05, 0) is 68.8 Å². The second kappa shape index (κ2) is 11.1. The lowest BCUT2D eigenvalue weighted by molar-refractivity contribution is -0.129. The molecule has 0 bridgehead atoms. The average molecular weight is 452 g/mol. The minimum Gasteiger partial charge on any atom is -0.386 e. The molecule has 2 fully saturated rings. The summed E-state index contributed by atoms with van der Waals surface area (Å²) in [5.74, 6) is -0.0697. The number of hydrogen-bond donors (Lipinski definition) is 2. The summed E-state index contributed by atoms with van der Waals surface area (Å²) in [7, 11) is 0. The van der Waals surface area contributed by atoms with Gasteiger partial charge in [-0.15, -0.1) is 0 Å². The zero-order valence-corrected chi connectivity index (χ0v) is 19.7. The minimum atomic E-state index is -1.03. The van der Waals surface area contributed by atoms with E-state index in [1.54, 1.807) is 0 Å². The quantitative estimate of drug-likeness (QED) is 0.557. The van der Waals surface area contributed by atoms with Crippen LogP contribution in [0.5, 0.6) is 0 Å². The zero-order chi connectivity index (χ0) is 23.2. The summed E-state index contributed by atoms with van der Waals surface area (Å²) in [5.41, 5.74) is 2.97. The molecule has 2 aliphatic heterocycles. The van der Waals surface area contributed by atoms with Crippen molar-refractivity contribution in [3.05, 3.63) is 59.2 Å². The number of urea groups is 1. The second-order valence-corrected chi connectivity index (χ2v) is 9.54. The number of aliphatic hydroxyl groups excluding tert-OH is 1. The molecule has 2 heterocycles. The molecule has 1 aromatic rings. The SMILES string of the molecule is CCC1C=C(C(O)C2NC(=O)N(Cc3ccccc3)C2=O)C=C1CCCN1CCCCCC1. The fraction of sp³-hybridized carbons (Fsp3) is 0.556. The van der Waals surface area contributed by atoms with Crippen LogP contribution in [0.1, 0.15) is 57.4 Å². The maximum absolute atomic E-state index is 13.0. The number of nitrogens with zero attached hydrogens (tertiary/aromatic N) is 2. The van der Waals surface area contributed by atoms with Crippen molar-refractivity contribution >= 4 is 11.9 Å². The highest BCUT2D eigenvalue weighted by Crippen LogP contribution is 2.33. The van der Waals surface area contributed by atoms with Gasteiger partial charge in [-0.2, -0.15) is 0 Å². The Morgan fingerprint density at radius 3 is 2.52 bits per heavy atom. The Labute approximate surface area is 197 Å². The summed E-state index contributed by atoms with van der Waals surface area (Å²) in [6.07, 6.45) is 11.5. The molecule has 6 nitrogen and oxygen atoms in total. The van der Waals surface area contributed by atoms with Crippen molar-refractivity contribution in [3.63, 3.8) is 0 Å². The van der Waals surface area contributed by atoms with Crippen LogP contribution in [0.3, 0.4) is 0 Å². The molecule has 1 aliphatic carbocycles. The van der Waals surface area contributed by atoms with Crippen molar-refractivity contribution < 1.29 is 14.7 Å². The Kier molecular flexibility index (Phi) is 7.99. The van der Waals surface area contributed by atoms with Crippen LogP contribution in [0.4, 0.5) is 4.79 Å². The van der Waals surface area contributed by atoms with Crippen molar-refractivity contribution in [2.45, 2.75) is 70.6 Å². The number of allylic oxidation sites excluding steroid dienone is 2. The molecule has 0 aromatic heterocycles. The molecule has 6 heteroatoms. The van der Waals surface area contributed by atoms with E-state index in [9.17, 15) is 14.7 Å². The first kappa shape index (κ1) is 23.7. The number of aliphatic hydroxyl groups is 1. The maximum Gasteiger partial charge on any atom is 0.325 e. The Morgan fingerprint density at radius 2 is 1.82 bits per heavy atom. The van der Waals surface area contributed by atoms with Crippen LogP contribution in [-0.4, -0.2) is 58.6 Å². The van der Waals surface area contributed by atoms with E-state index in [-0.39, 0.29) is 12.5 Å². The first-order chi connectivity index (χ1) is 16.1. The van der Waals surface area contributed by atoms with Gasteiger partial charge in [-0.1, -0.05) is 67.8 Å². The first-order valence-electron chi connectivity index (χ1n) is 12.5. The van der Waals surface area contributed by atoms with Crippen LogP contribution in [0, 0.1) is 5.92 Å². The standard InChI is InChI=1S/C27H37N3O3/c1-2-21-17-23(18-22(21)13-10-16-29-14-8-3-4-9-15-29)25(31)24-26(32)30(27(33)28-24)19-20-11-6-5-7-12-20/h5-7,11-12,17-18,21,24-25,31H,2-4,8-10,13-16,19H2,1H3,(H,28,33). The van der Waals surface area contributed by atoms with E-state index in [0.29, 0.717) is 5.92 Å². The van der Waals surface area contributed by atoms with Crippen LogP contribution in [0.15, 0.2) is 53.6 Å². The molecular formula is C27H37N3O3. The lowest BCUT2D eigenvalue weighted by Gasteiger charge is -2.20. The van der Waals surface area contributed by atoms with Crippen molar-refractivity contribution in [1.82, 2.24) is 15.1 Å². The average Bonchev–Trinajstić information content (AvgIpc) is 3.23. The van der Waals surface area contributed by atoms with Crippen LogP contribution >= 0.6 is 0 Å². The first-order valence-corrected chi connectivity index (χ1v) is 12.5. The Bertz CT molecular complexity index is 887. The molecule has 3 aliphatic rings. The predicted octanol–water partition coefficient (Wildman–Crippen LogP) is 4.02. The molecule has 2 saturated heterocycles.